The minimum atomic E-state index is -4.95. The molecule has 166 valence electrons. The Morgan fingerprint density at radius 3 is 2.58 bits per heavy atom. The van der Waals surface area contributed by atoms with E-state index in [1.165, 1.54) is 7.11 Å². The molecule has 0 radical (unpaired) electrons. The lowest BCUT2D eigenvalue weighted by Crippen LogP contribution is -2.32. The molecule has 6 nitrogen and oxygen atoms in total. The molecule has 0 aliphatic heterocycles. The van der Waals surface area contributed by atoms with Gasteiger partial charge >= 0.3 is 6.18 Å². The number of aliphatic hydroxyl groups excluding tert-OH is 1. The van der Waals surface area contributed by atoms with Crippen molar-refractivity contribution in [3.63, 3.8) is 0 Å². The molecule has 1 unspecified atom stereocenters. The highest BCUT2D eigenvalue weighted by molar-refractivity contribution is 5.81. The van der Waals surface area contributed by atoms with Crippen molar-refractivity contribution < 1.29 is 41.7 Å². The van der Waals surface area contributed by atoms with Gasteiger partial charge in [-0.25, -0.2) is 4.39 Å². The van der Waals surface area contributed by atoms with Crippen molar-refractivity contribution in [2.75, 3.05) is 26.9 Å². The average Bonchev–Trinajstić information content (AvgIpc) is 2.74. The summed E-state index contributed by atoms with van der Waals surface area (Å²) in [5.41, 5.74) is -1.96. The van der Waals surface area contributed by atoms with Crippen molar-refractivity contribution in [2.45, 2.75) is 12.3 Å². The van der Waals surface area contributed by atoms with Crippen LogP contribution in [0, 0.1) is 18.2 Å². The van der Waals surface area contributed by atoms with E-state index in [1.54, 1.807) is 18.2 Å². The quantitative estimate of drug-likeness (QED) is 0.355. The fraction of sp³-hybridized carbons (Fsp3) is 0.286. The zero-order chi connectivity index (χ0) is 23.0. The van der Waals surface area contributed by atoms with Gasteiger partial charge in [0.2, 0.25) is 0 Å². The van der Waals surface area contributed by atoms with Gasteiger partial charge in [0.1, 0.15) is 24.8 Å². The van der Waals surface area contributed by atoms with Crippen LogP contribution in [0.15, 0.2) is 36.4 Å². The first kappa shape index (κ1) is 23.8. The van der Waals surface area contributed by atoms with E-state index in [2.05, 4.69) is 11.2 Å². The van der Waals surface area contributed by atoms with Crippen molar-refractivity contribution in [3.05, 3.63) is 53.3 Å². The number of terminal acetylenes is 1. The summed E-state index contributed by atoms with van der Waals surface area (Å²) in [5, 5.41) is 12.3. The Bertz CT molecular complexity index is 956. The second-order valence-corrected chi connectivity index (χ2v) is 6.08. The summed E-state index contributed by atoms with van der Waals surface area (Å²) in [4.78, 5) is 12.0. The smallest absolute Gasteiger partial charge is 0.419 e. The van der Waals surface area contributed by atoms with Gasteiger partial charge in [-0.15, -0.1) is 6.42 Å². The SMILES string of the molecule is C#CCOc1ccc(OCCNC(=O)C(O)c2ccc(F)c(C(F)(F)F)c2)cc1OC. The van der Waals surface area contributed by atoms with E-state index < -0.39 is 29.6 Å². The minimum Gasteiger partial charge on any atom is -0.493 e. The fourth-order valence-electron chi connectivity index (χ4n) is 2.50. The lowest BCUT2D eigenvalue weighted by atomic mass is 10.0. The second-order valence-electron chi connectivity index (χ2n) is 6.08. The van der Waals surface area contributed by atoms with E-state index in [9.17, 15) is 27.5 Å². The van der Waals surface area contributed by atoms with Gasteiger partial charge in [-0.05, 0) is 29.8 Å². The first-order valence-electron chi connectivity index (χ1n) is 8.87. The van der Waals surface area contributed by atoms with Crippen LogP contribution in [0.4, 0.5) is 17.6 Å². The number of nitrogens with one attached hydrogen (secondary N) is 1. The number of hydrogen-bond donors (Lipinski definition) is 2. The number of benzene rings is 2. The highest BCUT2D eigenvalue weighted by atomic mass is 19.4. The summed E-state index contributed by atoms with van der Waals surface area (Å²) >= 11 is 0. The predicted molar refractivity (Wildman–Crippen MR) is 102 cm³/mol. The molecular formula is C21H19F4NO5. The number of rotatable bonds is 9. The molecule has 0 aliphatic rings. The Labute approximate surface area is 175 Å². The zero-order valence-corrected chi connectivity index (χ0v) is 16.3. The number of amides is 1. The van der Waals surface area contributed by atoms with Gasteiger partial charge in [-0.3, -0.25) is 4.79 Å². The summed E-state index contributed by atoms with van der Waals surface area (Å²) in [6.45, 7) is -0.00624. The van der Waals surface area contributed by atoms with Crippen LogP contribution in [0.5, 0.6) is 17.2 Å². The maximum absolute atomic E-state index is 13.3. The van der Waals surface area contributed by atoms with Crippen LogP contribution in [0.25, 0.3) is 0 Å². The molecule has 0 saturated heterocycles. The third-order valence-electron chi connectivity index (χ3n) is 3.98. The molecule has 0 heterocycles. The van der Waals surface area contributed by atoms with Gasteiger partial charge in [-0.2, -0.15) is 13.2 Å². The highest BCUT2D eigenvalue weighted by Crippen LogP contribution is 2.33. The maximum Gasteiger partial charge on any atom is 0.419 e. The van der Waals surface area contributed by atoms with Crippen LogP contribution in [0.3, 0.4) is 0 Å². The van der Waals surface area contributed by atoms with E-state index in [1.807, 2.05) is 0 Å². The molecule has 31 heavy (non-hydrogen) atoms. The molecule has 0 bridgehead atoms. The maximum atomic E-state index is 13.3. The number of methoxy groups -OCH3 is 1. The zero-order valence-electron chi connectivity index (χ0n) is 16.3. The van der Waals surface area contributed by atoms with E-state index in [0.29, 0.717) is 29.4 Å². The number of alkyl halides is 3. The van der Waals surface area contributed by atoms with Gasteiger partial charge in [0.05, 0.1) is 19.2 Å². The van der Waals surface area contributed by atoms with Crippen molar-refractivity contribution in [3.8, 4) is 29.6 Å². The molecule has 2 rings (SSSR count). The molecule has 2 aromatic rings. The predicted octanol–water partition coefficient (Wildman–Crippen LogP) is 3.09. The minimum absolute atomic E-state index is 0.0105. The van der Waals surface area contributed by atoms with E-state index in [0.717, 1.165) is 6.07 Å². The lowest BCUT2D eigenvalue weighted by Gasteiger charge is -2.15. The van der Waals surface area contributed by atoms with Crippen LogP contribution < -0.4 is 19.5 Å². The monoisotopic (exact) mass is 441 g/mol. The summed E-state index contributed by atoms with van der Waals surface area (Å²) in [6, 6.07) is 6.55. The molecule has 10 heteroatoms. The van der Waals surface area contributed by atoms with Gasteiger partial charge in [0.25, 0.3) is 5.91 Å². The van der Waals surface area contributed by atoms with E-state index in [-0.39, 0.29) is 25.3 Å². The summed E-state index contributed by atoms with van der Waals surface area (Å²) < 4.78 is 67.6. The van der Waals surface area contributed by atoms with E-state index >= 15 is 0 Å². The van der Waals surface area contributed by atoms with Crippen molar-refractivity contribution >= 4 is 5.91 Å². The third kappa shape index (κ3) is 6.52. The largest absolute Gasteiger partial charge is 0.493 e. The number of carbonyl (C=O) groups excluding carboxylic acids is 1. The molecule has 1 atom stereocenters. The van der Waals surface area contributed by atoms with Crippen LogP contribution in [-0.2, 0) is 11.0 Å². The van der Waals surface area contributed by atoms with Gasteiger partial charge < -0.3 is 24.6 Å². The Kier molecular flexibility index (Phi) is 8.10. The molecule has 1 amide bonds. The van der Waals surface area contributed by atoms with Crippen LogP contribution in [0.1, 0.15) is 17.2 Å². The normalized spacial score (nSPS) is 11.9. The molecule has 0 spiro atoms. The second kappa shape index (κ2) is 10.5. The summed E-state index contributed by atoms with van der Waals surface area (Å²) in [5.74, 6) is 1.06. The number of carbonyl (C=O) groups is 1. The number of ether oxygens (including phenoxy) is 3. The molecule has 2 N–H and O–H groups in total. The molecule has 0 aliphatic carbocycles. The molecule has 0 aromatic heterocycles. The fourth-order valence-corrected chi connectivity index (χ4v) is 2.50. The van der Waals surface area contributed by atoms with Crippen LogP contribution in [0.2, 0.25) is 0 Å². The van der Waals surface area contributed by atoms with Gasteiger partial charge in [0, 0.05) is 6.07 Å². The Hall–Kier alpha value is -3.45. The number of halogens is 4. The Morgan fingerprint density at radius 2 is 1.94 bits per heavy atom. The summed E-state index contributed by atoms with van der Waals surface area (Å²) in [7, 11) is 1.43. The topological polar surface area (TPSA) is 77.0 Å². The number of aliphatic hydroxyl groups is 1. The van der Waals surface area contributed by atoms with Gasteiger partial charge in [0.15, 0.2) is 17.6 Å². The highest BCUT2D eigenvalue weighted by Gasteiger charge is 2.35. The third-order valence-corrected chi connectivity index (χ3v) is 3.98. The standard InChI is InChI=1S/C21H19F4NO5/c1-3-9-31-17-7-5-14(12-18(17)29-2)30-10-8-26-20(28)19(27)13-4-6-16(22)15(11-13)21(23,24)25/h1,4-7,11-12,19,27H,8-10H2,2H3,(H,26,28). The Balaban J connectivity index is 1.90. The molecule has 0 fully saturated rings. The average molecular weight is 441 g/mol. The first-order valence-corrected chi connectivity index (χ1v) is 8.87. The molecular weight excluding hydrogens is 422 g/mol. The molecule has 2 aromatic carbocycles. The van der Waals surface area contributed by atoms with Crippen molar-refractivity contribution in [1.29, 1.82) is 0 Å². The molecule has 0 saturated carbocycles. The van der Waals surface area contributed by atoms with E-state index in [4.69, 9.17) is 20.6 Å². The van der Waals surface area contributed by atoms with Crippen LogP contribution in [-0.4, -0.2) is 37.9 Å². The Morgan fingerprint density at radius 1 is 1.19 bits per heavy atom. The summed E-state index contributed by atoms with van der Waals surface area (Å²) in [6.07, 6.45) is -1.72. The number of hydrogen-bond acceptors (Lipinski definition) is 5. The van der Waals surface area contributed by atoms with Crippen molar-refractivity contribution in [1.82, 2.24) is 5.32 Å². The lowest BCUT2D eigenvalue weighted by molar-refractivity contribution is -0.140. The van der Waals surface area contributed by atoms with Crippen molar-refractivity contribution in [2.24, 2.45) is 0 Å². The van der Waals surface area contributed by atoms with Gasteiger partial charge in [-0.1, -0.05) is 12.0 Å². The first-order chi connectivity index (χ1) is 14.7. The van der Waals surface area contributed by atoms with Crippen LogP contribution >= 0.6 is 0 Å².